The van der Waals surface area contributed by atoms with Crippen LogP contribution in [-0.4, -0.2) is 45.2 Å². The molecular weight excluding hydrogens is 310 g/mol. The second kappa shape index (κ2) is 6.70. The minimum Gasteiger partial charge on any atom is -0.385 e. The van der Waals surface area contributed by atoms with Crippen molar-refractivity contribution in [1.29, 1.82) is 0 Å². The predicted molar refractivity (Wildman–Crippen MR) is 84.8 cm³/mol. The van der Waals surface area contributed by atoms with Crippen LogP contribution in [0, 0.1) is 6.92 Å². The van der Waals surface area contributed by atoms with Crippen molar-refractivity contribution in [1.82, 2.24) is 15.0 Å². The molecule has 1 aromatic carbocycles. The van der Waals surface area contributed by atoms with Gasteiger partial charge in [0, 0.05) is 13.1 Å². The van der Waals surface area contributed by atoms with Crippen LogP contribution in [0.5, 0.6) is 0 Å². The number of rotatable bonds is 6. The molecule has 128 valence electrons. The van der Waals surface area contributed by atoms with E-state index in [0.717, 1.165) is 5.56 Å². The van der Waals surface area contributed by atoms with Crippen LogP contribution in [0.1, 0.15) is 30.6 Å². The summed E-state index contributed by atoms with van der Waals surface area (Å²) in [6.45, 7) is 4.67. The molecule has 1 unspecified atom stereocenters. The fraction of sp³-hybridized carbons (Fsp3) is 0.471. The summed E-state index contributed by atoms with van der Waals surface area (Å²) in [4.78, 5) is 18.0. The third kappa shape index (κ3) is 3.80. The Morgan fingerprint density at radius 1 is 1.42 bits per heavy atom. The second-order valence-electron chi connectivity index (χ2n) is 6.28. The molecule has 3 rings (SSSR count). The lowest BCUT2D eigenvalue weighted by atomic mass is 9.91. The number of amides is 1. The summed E-state index contributed by atoms with van der Waals surface area (Å²) < 4.78 is 10.6. The van der Waals surface area contributed by atoms with Crippen LogP contribution in [-0.2, 0) is 21.7 Å². The van der Waals surface area contributed by atoms with Crippen molar-refractivity contribution < 1.29 is 19.2 Å². The van der Waals surface area contributed by atoms with Crippen molar-refractivity contribution in [2.24, 2.45) is 0 Å². The number of hydrogen-bond donors (Lipinski definition) is 1. The maximum absolute atomic E-state index is 12.3. The summed E-state index contributed by atoms with van der Waals surface area (Å²) in [6, 6.07) is 9.22. The van der Waals surface area contributed by atoms with E-state index in [4.69, 9.17) is 9.26 Å². The van der Waals surface area contributed by atoms with E-state index in [-0.39, 0.29) is 25.0 Å². The van der Waals surface area contributed by atoms with Gasteiger partial charge in [-0.15, -0.1) is 0 Å². The molecule has 24 heavy (non-hydrogen) atoms. The molecule has 0 bridgehead atoms. The average Bonchev–Trinajstić information content (AvgIpc) is 2.91. The number of aryl methyl sites for hydroxylation is 1. The van der Waals surface area contributed by atoms with Crippen LogP contribution in [0.25, 0.3) is 0 Å². The fourth-order valence-electron chi connectivity index (χ4n) is 2.64. The molecule has 0 aliphatic carbocycles. The van der Waals surface area contributed by atoms with Gasteiger partial charge in [0.25, 0.3) is 5.89 Å². The van der Waals surface area contributed by atoms with Gasteiger partial charge in [0.05, 0.1) is 18.1 Å². The lowest BCUT2D eigenvalue weighted by molar-refractivity contribution is -0.151. The van der Waals surface area contributed by atoms with E-state index in [1.54, 1.807) is 18.7 Å². The fourth-order valence-corrected chi connectivity index (χ4v) is 2.64. The van der Waals surface area contributed by atoms with E-state index in [1.165, 1.54) is 0 Å². The molecule has 1 atom stereocenters. The van der Waals surface area contributed by atoms with Crippen LogP contribution in [0.2, 0.25) is 0 Å². The maximum Gasteiger partial charge on any atom is 0.252 e. The van der Waals surface area contributed by atoms with E-state index in [2.05, 4.69) is 10.1 Å². The summed E-state index contributed by atoms with van der Waals surface area (Å²) in [5.41, 5.74) is -0.440. The molecule has 1 aromatic heterocycles. The summed E-state index contributed by atoms with van der Waals surface area (Å²) in [7, 11) is 0. The molecule has 1 N–H and O–H groups in total. The molecule has 0 radical (unpaired) electrons. The lowest BCUT2D eigenvalue weighted by Gasteiger charge is -2.40. The zero-order valence-corrected chi connectivity index (χ0v) is 13.8. The Kier molecular flexibility index (Phi) is 4.64. The second-order valence-corrected chi connectivity index (χ2v) is 6.28. The standard InChI is InChI=1S/C17H21N3O4/c1-12-18-15(24-19-12)11-23-14-9-20(10-14)16(21)8-17(2,22)13-6-4-3-5-7-13/h3-7,14,22H,8-11H2,1-2H3. The Morgan fingerprint density at radius 2 is 2.12 bits per heavy atom. The predicted octanol–water partition coefficient (Wildman–Crippen LogP) is 1.40. The number of carbonyl (C=O) groups is 1. The van der Waals surface area contributed by atoms with Crippen molar-refractivity contribution in [3.05, 3.63) is 47.6 Å². The van der Waals surface area contributed by atoms with Crippen LogP contribution in [0.15, 0.2) is 34.9 Å². The number of aliphatic hydroxyl groups is 1. The van der Waals surface area contributed by atoms with Crippen LogP contribution in [0.4, 0.5) is 0 Å². The molecule has 2 aromatic rings. The van der Waals surface area contributed by atoms with E-state index >= 15 is 0 Å². The lowest BCUT2D eigenvalue weighted by Crippen LogP contribution is -2.55. The minimum absolute atomic E-state index is 0.0390. The summed E-state index contributed by atoms with van der Waals surface area (Å²) in [5.74, 6) is 0.920. The van der Waals surface area contributed by atoms with E-state index in [9.17, 15) is 9.90 Å². The van der Waals surface area contributed by atoms with E-state index in [1.807, 2.05) is 30.3 Å². The number of aromatic nitrogens is 2. The number of nitrogens with zero attached hydrogens (tertiary/aromatic N) is 3. The third-order valence-electron chi connectivity index (χ3n) is 4.10. The molecule has 1 amide bonds. The topological polar surface area (TPSA) is 88.7 Å². The van der Waals surface area contributed by atoms with Crippen LogP contribution < -0.4 is 0 Å². The molecule has 1 saturated heterocycles. The van der Waals surface area contributed by atoms with E-state index in [0.29, 0.717) is 24.8 Å². The number of hydrogen-bond acceptors (Lipinski definition) is 6. The van der Waals surface area contributed by atoms with Crippen LogP contribution in [0.3, 0.4) is 0 Å². The van der Waals surface area contributed by atoms with Crippen molar-refractivity contribution in [3.63, 3.8) is 0 Å². The highest BCUT2D eigenvalue weighted by Gasteiger charge is 2.35. The van der Waals surface area contributed by atoms with Crippen molar-refractivity contribution in [2.75, 3.05) is 13.1 Å². The van der Waals surface area contributed by atoms with Gasteiger partial charge >= 0.3 is 0 Å². The first kappa shape index (κ1) is 16.6. The molecule has 0 spiro atoms. The van der Waals surface area contributed by atoms with E-state index < -0.39 is 5.60 Å². The number of benzene rings is 1. The monoisotopic (exact) mass is 331 g/mol. The molecular formula is C17H21N3O4. The smallest absolute Gasteiger partial charge is 0.252 e. The zero-order chi connectivity index (χ0) is 17.2. The molecule has 7 heteroatoms. The Morgan fingerprint density at radius 3 is 2.75 bits per heavy atom. The Balaban J connectivity index is 1.44. The van der Waals surface area contributed by atoms with Gasteiger partial charge in [-0.1, -0.05) is 35.5 Å². The van der Waals surface area contributed by atoms with Gasteiger partial charge in [-0.05, 0) is 19.4 Å². The normalized spacial score (nSPS) is 17.4. The molecule has 0 saturated carbocycles. The highest BCUT2D eigenvalue weighted by atomic mass is 16.5. The SMILES string of the molecule is Cc1noc(COC2CN(C(=O)CC(C)(O)c3ccccc3)C2)n1. The van der Waals surface area contributed by atoms with Crippen molar-refractivity contribution in [3.8, 4) is 0 Å². The summed E-state index contributed by atoms with van der Waals surface area (Å²) in [5, 5.41) is 14.2. The molecule has 1 aliphatic rings. The van der Waals surface area contributed by atoms with Crippen LogP contribution >= 0.6 is 0 Å². The Labute approximate surface area is 140 Å². The molecule has 2 heterocycles. The third-order valence-corrected chi connectivity index (χ3v) is 4.10. The molecule has 1 aliphatic heterocycles. The average molecular weight is 331 g/mol. The van der Waals surface area contributed by atoms with Gasteiger partial charge in [-0.25, -0.2) is 0 Å². The van der Waals surface area contributed by atoms with Gasteiger partial charge < -0.3 is 19.3 Å². The van der Waals surface area contributed by atoms with Gasteiger partial charge in [0.2, 0.25) is 5.91 Å². The summed E-state index contributed by atoms with van der Waals surface area (Å²) >= 11 is 0. The number of likely N-dealkylation sites (tertiary alicyclic amines) is 1. The number of carbonyl (C=O) groups excluding carboxylic acids is 1. The van der Waals surface area contributed by atoms with Gasteiger partial charge in [0.15, 0.2) is 5.82 Å². The van der Waals surface area contributed by atoms with Gasteiger partial charge in [0.1, 0.15) is 6.61 Å². The molecule has 1 fully saturated rings. The highest BCUT2D eigenvalue weighted by molar-refractivity contribution is 5.78. The van der Waals surface area contributed by atoms with Crippen molar-refractivity contribution in [2.45, 2.75) is 38.6 Å². The first-order valence-electron chi connectivity index (χ1n) is 7.90. The first-order chi connectivity index (χ1) is 11.4. The Bertz CT molecular complexity index is 693. The largest absolute Gasteiger partial charge is 0.385 e. The Hall–Kier alpha value is -2.25. The highest BCUT2D eigenvalue weighted by Crippen LogP contribution is 2.26. The minimum atomic E-state index is -1.18. The molecule has 7 nitrogen and oxygen atoms in total. The first-order valence-corrected chi connectivity index (χ1v) is 7.90. The maximum atomic E-state index is 12.3. The van der Waals surface area contributed by atoms with Gasteiger partial charge in [-0.2, -0.15) is 4.98 Å². The number of ether oxygens (including phenoxy) is 1. The van der Waals surface area contributed by atoms with Gasteiger partial charge in [-0.3, -0.25) is 4.79 Å². The zero-order valence-electron chi connectivity index (χ0n) is 13.8. The van der Waals surface area contributed by atoms with Crippen molar-refractivity contribution >= 4 is 5.91 Å². The summed E-state index contributed by atoms with van der Waals surface area (Å²) in [6.07, 6.45) is 0.00916. The quantitative estimate of drug-likeness (QED) is 0.861.